The first-order chi connectivity index (χ1) is 6.90. The molecule has 0 aromatic heterocycles. The van der Waals surface area contributed by atoms with E-state index < -0.39 is 9.84 Å². The molecule has 0 saturated heterocycles. The van der Waals surface area contributed by atoms with Gasteiger partial charge in [-0.15, -0.1) is 0 Å². The first-order valence-corrected chi connectivity index (χ1v) is 6.66. The molecule has 0 bridgehead atoms. The van der Waals surface area contributed by atoms with Crippen LogP contribution in [0.25, 0.3) is 0 Å². The maximum Gasteiger partial charge on any atom is 0.182 e. The largest absolute Gasteiger partial charge is 0.380 e. The SMILES string of the molecule is Cc1cc(C)c2c(c1)S(=O)(=O)CC(C)N2. The Morgan fingerprint density at radius 1 is 1.33 bits per heavy atom. The fourth-order valence-electron chi connectivity index (χ4n) is 2.07. The smallest absolute Gasteiger partial charge is 0.182 e. The highest BCUT2D eigenvalue weighted by atomic mass is 32.2. The highest BCUT2D eigenvalue weighted by Gasteiger charge is 2.28. The van der Waals surface area contributed by atoms with Crippen LogP contribution in [0.4, 0.5) is 5.69 Å². The average molecular weight is 225 g/mol. The number of nitrogens with one attached hydrogen (secondary N) is 1. The molecule has 0 fully saturated rings. The lowest BCUT2D eigenvalue weighted by molar-refractivity contribution is 0.588. The van der Waals surface area contributed by atoms with Crippen molar-refractivity contribution in [2.75, 3.05) is 11.1 Å². The van der Waals surface area contributed by atoms with Crippen LogP contribution in [0.3, 0.4) is 0 Å². The third-order valence-electron chi connectivity index (χ3n) is 2.64. The summed E-state index contributed by atoms with van der Waals surface area (Å²) in [5.74, 6) is 0.183. The number of anilines is 1. The van der Waals surface area contributed by atoms with Crippen LogP contribution in [0.5, 0.6) is 0 Å². The van der Waals surface area contributed by atoms with E-state index in [0.717, 1.165) is 16.8 Å². The Balaban J connectivity index is 2.73. The van der Waals surface area contributed by atoms with Gasteiger partial charge in [0.1, 0.15) is 0 Å². The molecule has 0 amide bonds. The molecule has 1 aliphatic heterocycles. The summed E-state index contributed by atoms with van der Waals surface area (Å²) < 4.78 is 23.9. The minimum absolute atomic E-state index is 0.0103. The molecule has 0 spiro atoms. The molecule has 1 heterocycles. The van der Waals surface area contributed by atoms with Crippen LogP contribution in [0.2, 0.25) is 0 Å². The molecular formula is C11H15NO2S. The summed E-state index contributed by atoms with van der Waals surface area (Å²) in [7, 11) is -3.10. The van der Waals surface area contributed by atoms with Crippen molar-refractivity contribution in [3.05, 3.63) is 23.3 Å². The van der Waals surface area contributed by atoms with Crippen LogP contribution in [-0.4, -0.2) is 20.2 Å². The Morgan fingerprint density at radius 2 is 2.00 bits per heavy atom. The Morgan fingerprint density at radius 3 is 2.67 bits per heavy atom. The number of sulfone groups is 1. The Bertz CT molecular complexity index is 506. The molecule has 2 rings (SSSR count). The van der Waals surface area contributed by atoms with Crippen molar-refractivity contribution in [1.82, 2.24) is 0 Å². The molecule has 1 unspecified atom stereocenters. The number of hydrogen-bond donors (Lipinski definition) is 1. The summed E-state index contributed by atoms with van der Waals surface area (Å²) in [6.45, 7) is 5.74. The van der Waals surface area contributed by atoms with E-state index in [4.69, 9.17) is 0 Å². The second-order valence-corrected chi connectivity index (χ2v) is 6.28. The Labute approximate surface area is 90.4 Å². The van der Waals surface area contributed by atoms with Gasteiger partial charge in [0, 0.05) is 6.04 Å². The van der Waals surface area contributed by atoms with E-state index in [1.807, 2.05) is 26.8 Å². The van der Waals surface area contributed by atoms with E-state index in [2.05, 4.69) is 5.32 Å². The van der Waals surface area contributed by atoms with Crippen molar-refractivity contribution in [2.45, 2.75) is 31.7 Å². The van der Waals surface area contributed by atoms with Gasteiger partial charge in [0.25, 0.3) is 0 Å². The topological polar surface area (TPSA) is 46.2 Å². The molecule has 0 saturated carbocycles. The van der Waals surface area contributed by atoms with Crippen molar-refractivity contribution in [1.29, 1.82) is 0 Å². The fraction of sp³-hybridized carbons (Fsp3) is 0.455. The lowest BCUT2D eigenvalue weighted by Crippen LogP contribution is -2.32. The molecule has 0 aliphatic carbocycles. The predicted octanol–water partition coefficient (Wildman–Crippen LogP) is 1.89. The van der Waals surface area contributed by atoms with E-state index >= 15 is 0 Å². The molecule has 0 radical (unpaired) electrons. The lowest BCUT2D eigenvalue weighted by Gasteiger charge is -2.26. The standard InChI is InChI=1S/C11H15NO2S/c1-7-4-8(2)11-10(5-7)15(13,14)6-9(3)12-11/h4-5,9,12H,6H2,1-3H3. The number of aryl methyl sites for hydroxylation is 2. The minimum Gasteiger partial charge on any atom is -0.380 e. The van der Waals surface area contributed by atoms with E-state index in [9.17, 15) is 8.42 Å². The maximum absolute atomic E-state index is 11.9. The van der Waals surface area contributed by atoms with E-state index in [0.29, 0.717) is 4.90 Å². The van der Waals surface area contributed by atoms with E-state index in [1.54, 1.807) is 6.07 Å². The summed E-state index contributed by atoms with van der Waals surface area (Å²) in [5.41, 5.74) is 2.77. The molecule has 1 aromatic rings. The zero-order valence-corrected chi connectivity index (χ0v) is 9.98. The first-order valence-electron chi connectivity index (χ1n) is 5.01. The van der Waals surface area contributed by atoms with Gasteiger partial charge in [-0.05, 0) is 38.0 Å². The molecule has 82 valence electrons. The minimum atomic E-state index is -3.10. The summed E-state index contributed by atoms with van der Waals surface area (Å²) >= 11 is 0. The number of fused-ring (bicyclic) bond motifs is 1. The van der Waals surface area contributed by atoms with Gasteiger partial charge in [-0.2, -0.15) is 0 Å². The van der Waals surface area contributed by atoms with Crippen LogP contribution in [0.15, 0.2) is 17.0 Å². The summed E-state index contributed by atoms with van der Waals surface area (Å²) in [5, 5.41) is 3.23. The molecular weight excluding hydrogens is 210 g/mol. The van der Waals surface area contributed by atoms with Crippen molar-refractivity contribution < 1.29 is 8.42 Å². The van der Waals surface area contributed by atoms with Crippen molar-refractivity contribution in [2.24, 2.45) is 0 Å². The van der Waals surface area contributed by atoms with Crippen LogP contribution in [0.1, 0.15) is 18.1 Å². The first kappa shape index (κ1) is 10.5. The lowest BCUT2D eigenvalue weighted by atomic mass is 10.1. The van der Waals surface area contributed by atoms with Crippen LogP contribution in [-0.2, 0) is 9.84 Å². The summed E-state index contributed by atoms with van der Waals surface area (Å²) in [4.78, 5) is 0.457. The van der Waals surface area contributed by atoms with E-state index in [1.165, 1.54) is 0 Å². The quantitative estimate of drug-likeness (QED) is 0.733. The van der Waals surface area contributed by atoms with Gasteiger partial charge in [0.05, 0.1) is 16.3 Å². The maximum atomic E-state index is 11.9. The van der Waals surface area contributed by atoms with Gasteiger partial charge in [-0.1, -0.05) is 6.07 Å². The zero-order valence-electron chi connectivity index (χ0n) is 9.16. The molecule has 1 aromatic carbocycles. The Kier molecular flexibility index (Phi) is 2.26. The van der Waals surface area contributed by atoms with Crippen molar-refractivity contribution in [3.8, 4) is 0 Å². The van der Waals surface area contributed by atoms with Crippen molar-refractivity contribution >= 4 is 15.5 Å². The molecule has 15 heavy (non-hydrogen) atoms. The predicted molar refractivity (Wildman–Crippen MR) is 61.1 cm³/mol. The molecule has 4 heteroatoms. The normalized spacial score (nSPS) is 23.0. The van der Waals surface area contributed by atoms with Gasteiger partial charge >= 0.3 is 0 Å². The number of hydrogen-bond acceptors (Lipinski definition) is 3. The van der Waals surface area contributed by atoms with Gasteiger partial charge < -0.3 is 5.32 Å². The molecule has 3 nitrogen and oxygen atoms in total. The highest BCUT2D eigenvalue weighted by Crippen LogP contribution is 2.32. The summed E-state index contributed by atoms with van der Waals surface area (Å²) in [6.07, 6.45) is 0. The van der Waals surface area contributed by atoms with Gasteiger partial charge in [0.15, 0.2) is 9.84 Å². The third-order valence-corrected chi connectivity index (χ3v) is 4.57. The molecule has 1 atom stereocenters. The molecule has 1 aliphatic rings. The van der Waals surface area contributed by atoms with Crippen molar-refractivity contribution in [3.63, 3.8) is 0 Å². The second kappa shape index (κ2) is 3.23. The summed E-state index contributed by atoms with van der Waals surface area (Å²) in [6, 6.07) is 3.74. The van der Waals surface area contributed by atoms with E-state index in [-0.39, 0.29) is 11.8 Å². The van der Waals surface area contributed by atoms with Gasteiger partial charge in [-0.25, -0.2) is 8.42 Å². The fourth-order valence-corrected chi connectivity index (χ4v) is 3.88. The number of benzene rings is 1. The highest BCUT2D eigenvalue weighted by molar-refractivity contribution is 7.91. The monoisotopic (exact) mass is 225 g/mol. The van der Waals surface area contributed by atoms with Crippen LogP contribution < -0.4 is 5.32 Å². The van der Waals surface area contributed by atoms with Crippen LogP contribution in [0, 0.1) is 13.8 Å². The van der Waals surface area contributed by atoms with Gasteiger partial charge in [0.2, 0.25) is 0 Å². The van der Waals surface area contributed by atoms with Crippen LogP contribution >= 0.6 is 0 Å². The average Bonchev–Trinajstić information content (AvgIpc) is 2.06. The molecule has 1 N–H and O–H groups in total. The Hall–Kier alpha value is -1.03. The third kappa shape index (κ3) is 1.74. The zero-order chi connectivity index (χ0) is 11.2. The van der Waals surface area contributed by atoms with Gasteiger partial charge in [-0.3, -0.25) is 0 Å². The second-order valence-electron chi connectivity index (χ2n) is 4.28. The number of rotatable bonds is 0.